The van der Waals surface area contributed by atoms with E-state index in [0.29, 0.717) is 0 Å². The number of hydrogen-bond acceptors (Lipinski definition) is 3. The van der Waals surface area contributed by atoms with Gasteiger partial charge in [-0.05, 0) is 23.1 Å². The fourth-order valence-electron chi connectivity index (χ4n) is 1.53. The van der Waals surface area contributed by atoms with Crippen LogP contribution in [-0.2, 0) is 11.8 Å². The fraction of sp³-hybridized carbons (Fsp3) is 0.800. The average molecular weight is 230 g/mol. The molecule has 1 aliphatic heterocycles. The summed E-state index contributed by atoms with van der Waals surface area (Å²) in [5, 5.41) is 6.43. The molecule has 0 saturated heterocycles. The van der Waals surface area contributed by atoms with Crippen LogP contribution >= 0.6 is 11.3 Å². The molecule has 2 rings (SSSR count). The van der Waals surface area contributed by atoms with Crippen LogP contribution in [0.5, 0.6) is 0 Å². The SMILES string of the molecule is CN1CCc2sc(C(C)(C)C)n[n+]2C1F. The first-order chi connectivity index (χ1) is 6.89. The largest absolute Gasteiger partial charge is 0.386 e. The molecule has 1 atom stereocenters. The molecule has 0 aliphatic carbocycles. The first-order valence-electron chi connectivity index (χ1n) is 5.16. The molecule has 1 aromatic rings. The van der Waals surface area contributed by atoms with E-state index in [1.54, 1.807) is 23.3 Å². The lowest BCUT2D eigenvalue weighted by Crippen LogP contribution is -2.54. The quantitative estimate of drug-likeness (QED) is 0.499. The van der Waals surface area contributed by atoms with Crippen LogP contribution in [-0.4, -0.2) is 23.6 Å². The minimum atomic E-state index is -1.10. The maximum atomic E-state index is 13.8. The minimum Gasteiger partial charge on any atom is -0.216 e. The second-order valence-electron chi connectivity index (χ2n) is 5.04. The first-order valence-corrected chi connectivity index (χ1v) is 5.97. The van der Waals surface area contributed by atoms with Gasteiger partial charge in [0.1, 0.15) is 0 Å². The van der Waals surface area contributed by atoms with Crippen LogP contribution < -0.4 is 4.68 Å². The van der Waals surface area contributed by atoms with Crippen molar-refractivity contribution in [2.75, 3.05) is 13.6 Å². The molecule has 3 nitrogen and oxygen atoms in total. The summed E-state index contributed by atoms with van der Waals surface area (Å²) < 4.78 is 15.3. The number of rotatable bonds is 0. The van der Waals surface area contributed by atoms with E-state index in [9.17, 15) is 4.39 Å². The van der Waals surface area contributed by atoms with E-state index in [1.165, 1.54) is 4.68 Å². The lowest BCUT2D eigenvalue weighted by Gasteiger charge is -2.18. The third-order valence-corrected chi connectivity index (χ3v) is 4.07. The summed E-state index contributed by atoms with van der Waals surface area (Å²) in [5.74, 6) is 0. The summed E-state index contributed by atoms with van der Waals surface area (Å²) in [6.45, 7) is 7.09. The predicted molar refractivity (Wildman–Crippen MR) is 57.5 cm³/mol. The van der Waals surface area contributed by atoms with Crippen LogP contribution in [0.4, 0.5) is 4.39 Å². The molecule has 0 fully saturated rings. The van der Waals surface area contributed by atoms with Crippen molar-refractivity contribution < 1.29 is 9.07 Å². The van der Waals surface area contributed by atoms with E-state index in [1.807, 2.05) is 0 Å². The van der Waals surface area contributed by atoms with Crippen LogP contribution in [0.3, 0.4) is 0 Å². The summed E-state index contributed by atoms with van der Waals surface area (Å²) in [6.07, 6.45) is -0.203. The summed E-state index contributed by atoms with van der Waals surface area (Å²) in [4.78, 5) is 1.68. The van der Waals surface area contributed by atoms with Gasteiger partial charge in [0.2, 0.25) is 0 Å². The molecule has 15 heavy (non-hydrogen) atoms. The van der Waals surface area contributed by atoms with E-state index in [-0.39, 0.29) is 5.41 Å². The van der Waals surface area contributed by atoms with Crippen molar-refractivity contribution in [1.29, 1.82) is 0 Å². The van der Waals surface area contributed by atoms with Crippen molar-refractivity contribution in [2.24, 2.45) is 0 Å². The molecule has 1 aromatic heterocycles. The molecule has 0 saturated carbocycles. The van der Waals surface area contributed by atoms with E-state index in [0.717, 1.165) is 23.0 Å². The molecule has 5 heteroatoms. The Morgan fingerprint density at radius 1 is 1.53 bits per heavy atom. The highest BCUT2D eigenvalue weighted by Crippen LogP contribution is 2.27. The van der Waals surface area contributed by atoms with Crippen LogP contribution in [0.15, 0.2) is 0 Å². The number of hydrogen-bond donors (Lipinski definition) is 0. The molecule has 0 radical (unpaired) electrons. The molecule has 0 spiro atoms. The normalized spacial score (nSPS) is 22.9. The summed E-state index contributed by atoms with van der Waals surface area (Å²) in [6, 6.07) is 0. The van der Waals surface area contributed by atoms with Crippen molar-refractivity contribution in [1.82, 2.24) is 10.00 Å². The Balaban J connectivity index is 2.40. The van der Waals surface area contributed by atoms with E-state index >= 15 is 0 Å². The zero-order valence-electron chi connectivity index (χ0n) is 9.62. The van der Waals surface area contributed by atoms with Crippen LogP contribution in [0.2, 0.25) is 0 Å². The second-order valence-corrected chi connectivity index (χ2v) is 6.10. The molecular formula is C10H17FN3S+. The fourth-order valence-corrected chi connectivity index (χ4v) is 2.61. The van der Waals surface area contributed by atoms with Gasteiger partial charge < -0.3 is 0 Å². The second kappa shape index (κ2) is 3.49. The molecule has 0 aromatic carbocycles. The average Bonchev–Trinajstić information content (AvgIpc) is 2.55. The third kappa shape index (κ3) is 1.90. The lowest BCUT2D eigenvalue weighted by molar-refractivity contribution is -0.824. The topological polar surface area (TPSA) is 20.0 Å². The van der Waals surface area contributed by atoms with E-state index in [2.05, 4.69) is 25.9 Å². The van der Waals surface area contributed by atoms with E-state index < -0.39 is 6.42 Å². The first kappa shape index (κ1) is 11.0. The Bertz CT molecular complexity index is 369. The minimum absolute atomic E-state index is 0.00724. The zero-order chi connectivity index (χ0) is 11.2. The van der Waals surface area contributed by atoms with Crippen LogP contribution in [0.25, 0.3) is 0 Å². The maximum Gasteiger partial charge on any atom is 0.386 e. The van der Waals surface area contributed by atoms with Gasteiger partial charge in [-0.15, -0.1) is 0 Å². The van der Waals surface area contributed by atoms with Gasteiger partial charge in [0.15, 0.2) is 5.01 Å². The third-order valence-electron chi connectivity index (χ3n) is 2.55. The van der Waals surface area contributed by atoms with Crippen LogP contribution in [0.1, 0.15) is 37.2 Å². The summed E-state index contributed by atoms with van der Waals surface area (Å²) in [5.41, 5.74) is 0.00724. The van der Waals surface area contributed by atoms with Crippen molar-refractivity contribution in [3.63, 3.8) is 0 Å². The molecule has 1 aliphatic rings. The summed E-state index contributed by atoms with van der Waals surface area (Å²) >= 11 is 1.63. The highest BCUT2D eigenvalue weighted by atomic mass is 32.1. The van der Waals surface area contributed by atoms with Gasteiger partial charge in [-0.2, -0.15) is 4.39 Å². The van der Waals surface area contributed by atoms with E-state index in [4.69, 9.17) is 0 Å². The molecule has 0 amide bonds. The van der Waals surface area contributed by atoms with Gasteiger partial charge in [0.25, 0.3) is 5.01 Å². The van der Waals surface area contributed by atoms with Gasteiger partial charge in [-0.1, -0.05) is 20.8 Å². The molecular weight excluding hydrogens is 213 g/mol. The number of nitrogens with zero attached hydrogens (tertiary/aromatic N) is 3. The zero-order valence-corrected chi connectivity index (χ0v) is 10.4. The standard InChI is InChI=1S/C10H17FN3S/c1-10(2,3)8-12-14-7(15-8)5-6-13(4)9(14)11/h9H,5-6H2,1-4H3/q+1. The highest BCUT2D eigenvalue weighted by Gasteiger charge is 2.38. The molecule has 0 N–H and O–H groups in total. The number of likely N-dealkylation sites (N-methyl/N-ethyl adjacent to an activating group) is 1. The maximum absolute atomic E-state index is 13.8. The van der Waals surface area contributed by atoms with Gasteiger partial charge in [-0.3, -0.25) is 0 Å². The van der Waals surface area contributed by atoms with Gasteiger partial charge in [-0.25, -0.2) is 4.90 Å². The molecule has 2 heterocycles. The predicted octanol–water partition coefficient (Wildman–Crippen LogP) is 1.64. The molecule has 0 bridgehead atoms. The number of fused-ring (bicyclic) bond motifs is 1. The monoisotopic (exact) mass is 230 g/mol. The molecule has 1 unspecified atom stereocenters. The molecule has 84 valence electrons. The van der Waals surface area contributed by atoms with Crippen LogP contribution in [0, 0.1) is 0 Å². The van der Waals surface area contributed by atoms with Crippen molar-refractivity contribution in [2.45, 2.75) is 39.0 Å². The van der Waals surface area contributed by atoms with Gasteiger partial charge in [0, 0.05) is 17.1 Å². The lowest BCUT2D eigenvalue weighted by atomic mass is 9.98. The summed E-state index contributed by atoms with van der Waals surface area (Å²) in [7, 11) is 1.79. The Morgan fingerprint density at radius 3 is 2.80 bits per heavy atom. The van der Waals surface area contributed by atoms with Gasteiger partial charge in [0.05, 0.1) is 6.42 Å². The Kier molecular flexibility index (Phi) is 2.55. The highest BCUT2D eigenvalue weighted by molar-refractivity contribution is 7.11. The van der Waals surface area contributed by atoms with Crippen molar-refractivity contribution in [3.8, 4) is 0 Å². The Labute approximate surface area is 93.5 Å². The van der Waals surface area contributed by atoms with Gasteiger partial charge >= 0.3 is 6.42 Å². The number of halogens is 1. The Morgan fingerprint density at radius 2 is 2.20 bits per heavy atom. The number of alkyl halides is 1. The Hall–Kier alpha value is -0.550. The van der Waals surface area contributed by atoms with Crippen molar-refractivity contribution >= 4 is 11.3 Å². The van der Waals surface area contributed by atoms with Crippen molar-refractivity contribution in [3.05, 3.63) is 10.0 Å². The number of aromatic nitrogens is 2. The smallest absolute Gasteiger partial charge is 0.216 e.